The molecule has 0 N–H and O–H groups in total. The predicted octanol–water partition coefficient (Wildman–Crippen LogP) is 3.19. The summed E-state index contributed by atoms with van der Waals surface area (Å²) in [6.45, 7) is 5.42. The van der Waals surface area contributed by atoms with Crippen molar-refractivity contribution in [2.24, 2.45) is 0 Å². The second-order valence-corrected chi connectivity index (χ2v) is 8.43. The van der Waals surface area contributed by atoms with Crippen molar-refractivity contribution < 1.29 is 4.74 Å². The van der Waals surface area contributed by atoms with Crippen molar-refractivity contribution in [1.82, 2.24) is 18.7 Å². The summed E-state index contributed by atoms with van der Waals surface area (Å²) >= 11 is 0. The quantitative estimate of drug-likeness (QED) is 0.488. The second kappa shape index (κ2) is 8.24. The molecule has 0 aliphatic carbocycles. The van der Waals surface area contributed by atoms with Gasteiger partial charge in [-0.05, 0) is 49.4 Å². The van der Waals surface area contributed by atoms with Gasteiger partial charge < -0.3 is 9.30 Å². The molecule has 0 radical (unpaired) electrons. The number of hydrogen-bond donors (Lipinski definition) is 0. The number of hydrogen-bond acceptors (Lipinski definition) is 4. The lowest BCUT2D eigenvalue weighted by atomic mass is 10.1. The van der Waals surface area contributed by atoms with E-state index in [4.69, 9.17) is 4.74 Å². The third kappa shape index (κ3) is 3.48. The van der Waals surface area contributed by atoms with Gasteiger partial charge in [-0.2, -0.15) is 0 Å². The van der Waals surface area contributed by atoms with Gasteiger partial charge >= 0.3 is 5.69 Å². The molecular weight excluding hydrogens is 404 g/mol. The lowest BCUT2D eigenvalue weighted by molar-refractivity contribution is 0.0950. The maximum Gasteiger partial charge on any atom is 0.337 e. The first-order chi connectivity index (χ1) is 15.5. The van der Waals surface area contributed by atoms with Gasteiger partial charge in [-0.25, -0.2) is 14.3 Å². The predicted molar refractivity (Wildman–Crippen MR) is 124 cm³/mol. The Bertz CT molecular complexity index is 1410. The van der Waals surface area contributed by atoms with Crippen LogP contribution in [0.5, 0.6) is 0 Å². The van der Waals surface area contributed by atoms with Crippen LogP contribution in [0.2, 0.25) is 0 Å². The summed E-state index contributed by atoms with van der Waals surface area (Å²) < 4.78 is 10.5. The Balaban J connectivity index is 1.76. The average Bonchev–Trinajstić information content (AvgIpc) is 3.44. The SMILES string of the molecule is Cc1ccccc1Cn1cnc2c1c(=O)n(CC1CCCO1)c(=O)n2-c1ccccc1C. The van der Waals surface area contributed by atoms with E-state index in [2.05, 4.69) is 4.98 Å². The highest BCUT2D eigenvalue weighted by molar-refractivity contribution is 5.73. The molecule has 0 saturated carbocycles. The fourth-order valence-corrected chi connectivity index (χ4v) is 4.46. The van der Waals surface area contributed by atoms with Gasteiger partial charge in [-0.1, -0.05) is 42.5 Å². The van der Waals surface area contributed by atoms with Gasteiger partial charge in [0, 0.05) is 13.2 Å². The Kier molecular flexibility index (Phi) is 5.27. The van der Waals surface area contributed by atoms with Crippen LogP contribution in [0.15, 0.2) is 64.4 Å². The lowest BCUT2D eigenvalue weighted by Crippen LogP contribution is -2.42. The summed E-state index contributed by atoms with van der Waals surface area (Å²) in [7, 11) is 0. The van der Waals surface area contributed by atoms with Gasteiger partial charge in [0.05, 0.1) is 24.7 Å². The molecule has 1 saturated heterocycles. The summed E-state index contributed by atoms with van der Waals surface area (Å²) in [5.41, 5.74) is 4.01. The Labute approximate surface area is 185 Å². The van der Waals surface area contributed by atoms with Gasteiger partial charge in [0.2, 0.25) is 0 Å². The summed E-state index contributed by atoms with van der Waals surface area (Å²) in [6.07, 6.45) is 3.31. The number of fused-ring (bicyclic) bond motifs is 1. The first-order valence-corrected chi connectivity index (χ1v) is 11.0. The average molecular weight is 431 g/mol. The third-order valence-electron chi connectivity index (χ3n) is 6.27. The van der Waals surface area contributed by atoms with Crippen LogP contribution < -0.4 is 11.2 Å². The number of para-hydroxylation sites is 1. The molecule has 0 spiro atoms. The molecule has 32 heavy (non-hydrogen) atoms. The summed E-state index contributed by atoms with van der Waals surface area (Å²) in [5, 5.41) is 0. The first-order valence-electron chi connectivity index (χ1n) is 11.0. The molecule has 1 atom stereocenters. The standard InChI is InChI=1S/C25H26N4O3/c1-17-8-3-5-10-19(17)14-27-16-26-23-22(27)24(30)28(15-20-11-7-13-32-20)25(31)29(23)21-12-6-4-9-18(21)2/h3-6,8-10,12,16,20H,7,11,13-15H2,1-2H3. The summed E-state index contributed by atoms with van der Waals surface area (Å²) in [6, 6.07) is 15.7. The van der Waals surface area contributed by atoms with E-state index in [1.807, 2.05) is 66.9 Å². The van der Waals surface area contributed by atoms with Crippen molar-refractivity contribution in [2.45, 2.75) is 45.9 Å². The van der Waals surface area contributed by atoms with E-state index in [0.29, 0.717) is 24.3 Å². The van der Waals surface area contributed by atoms with Gasteiger partial charge in [0.15, 0.2) is 11.2 Å². The van der Waals surface area contributed by atoms with Crippen molar-refractivity contribution in [3.05, 3.63) is 92.4 Å². The molecule has 0 amide bonds. The van der Waals surface area contributed by atoms with E-state index in [0.717, 1.165) is 35.2 Å². The Hall–Kier alpha value is -3.45. The molecule has 164 valence electrons. The van der Waals surface area contributed by atoms with Crippen LogP contribution in [0, 0.1) is 13.8 Å². The second-order valence-electron chi connectivity index (χ2n) is 8.43. The number of benzene rings is 2. The van der Waals surface area contributed by atoms with Crippen LogP contribution in [0.25, 0.3) is 16.9 Å². The van der Waals surface area contributed by atoms with Crippen molar-refractivity contribution in [3.63, 3.8) is 0 Å². The van der Waals surface area contributed by atoms with E-state index in [-0.39, 0.29) is 23.9 Å². The van der Waals surface area contributed by atoms with E-state index in [9.17, 15) is 9.59 Å². The van der Waals surface area contributed by atoms with Gasteiger partial charge in [0.1, 0.15) is 0 Å². The first kappa shape index (κ1) is 20.5. The van der Waals surface area contributed by atoms with Crippen LogP contribution in [-0.2, 0) is 17.8 Å². The number of nitrogens with zero attached hydrogens (tertiary/aromatic N) is 4. The highest BCUT2D eigenvalue weighted by Crippen LogP contribution is 2.19. The minimum absolute atomic E-state index is 0.129. The molecule has 2 aromatic carbocycles. The number of aromatic nitrogens is 4. The number of ether oxygens (including phenoxy) is 1. The molecule has 1 aliphatic heterocycles. The Morgan fingerprint density at radius 2 is 1.78 bits per heavy atom. The molecule has 3 heterocycles. The zero-order chi connectivity index (χ0) is 22.2. The van der Waals surface area contributed by atoms with Gasteiger partial charge in [0.25, 0.3) is 5.56 Å². The molecule has 5 rings (SSSR count). The molecule has 4 aromatic rings. The van der Waals surface area contributed by atoms with Crippen molar-refractivity contribution >= 4 is 11.2 Å². The van der Waals surface area contributed by atoms with Crippen LogP contribution in [0.3, 0.4) is 0 Å². The van der Waals surface area contributed by atoms with E-state index in [1.165, 1.54) is 4.57 Å². The van der Waals surface area contributed by atoms with E-state index in [1.54, 1.807) is 10.9 Å². The zero-order valence-electron chi connectivity index (χ0n) is 18.3. The summed E-state index contributed by atoms with van der Waals surface area (Å²) in [4.78, 5) is 31.7. The minimum atomic E-state index is -0.381. The molecule has 1 fully saturated rings. The normalized spacial score (nSPS) is 16.1. The molecule has 2 aromatic heterocycles. The third-order valence-corrected chi connectivity index (χ3v) is 6.27. The lowest BCUT2D eigenvalue weighted by Gasteiger charge is -2.16. The van der Waals surface area contributed by atoms with Crippen molar-refractivity contribution in [3.8, 4) is 5.69 Å². The van der Waals surface area contributed by atoms with Crippen molar-refractivity contribution in [2.75, 3.05) is 6.61 Å². The number of rotatable bonds is 5. The maximum absolute atomic E-state index is 13.6. The monoisotopic (exact) mass is 430 g/mol. The molecular formula is C25H26N4O3. The fourth-order valence-electron chi connectivity index (χ4n) is 4.46. The topological polar surface area (TPSA) is 71.1 Å². The van der Waals surface area contributed by atoms with Crippen LogP contribution in [0.4, 0.5) is 0 Å². The Morgan fingerprint density at radius 3 is 2.50 bits per heavy atom. The zero-order valence-corrected chi connectivity index (χ0v) is 18.3. The van der Waals surface area contributed by atoms with Crippen LogP contribution >= 0.6 is 0 Å². The van der Waals surface area contributed by atoms with E-state index >= 15 is 0 Å². The highest BCUT2D eigenvalue weighted by Gasteiger charge is 2.24. The smallest absolute Gasteiger partial charge is 0.337 e. The maximum atomic E-state index is 13.6. The fraction of sp³-hybridized carbons (Fsp3) is 0.320. The molecule has 1 aliphatic rings. The highest BCUT2D eigenvalue weighted by atomic mass is 16.5. The van der Waals surface area contributed by atoms with Gasteiger partial charge in [-0.15, -0.1) is 0 Å². The number of aryl methyl sites for hydroxylation is 2. The molecule has 0 bridgehead atoms. The largest absolute Gasteiger partial charge is 0.376 e. The van der Waals surface area contributed by atoms with E-state index < -0.39 is 0 Å². The Morgan fingerprint density at radius 1 is 1.03 bits per heavy atom. The molecule has 7 heteroatoms. The molecule has 7 nitrogen and oxygen atoms in total. The van der Waals surface area contributed by atoms with Crippen LogP contribution in [-0.4, -0.2) is 31.4 Å². The molecule has 1 unspecified atom stereocenters. The minimum Gasteiger partial charge on any atom is -0.376 e. The number of imidazole rings is 1. The van der Waals surface area contributed by atoms with Crippen molar-refractivity contribution in [1.29, 1.82) is 0 Å². The van der Waals surface area contributed by atoms with Gasteiger partial charge in [-0.3, -0.25) is 9.36 Å². The van der Waals surface area contributed by atoms with Crippen LogP contribution in [0.1, 0.15) is 29.5 Å². The summed E-state index contributed by atoms with van der Waals surface area (Å²) in [5.74, 6) is 0.